The van der Waals surface area contributed by atoms with Gasteiger partial charge in [-0.25, -0.2) is 17.7 Å². The highest BCUT2D eigenvalue weighted by molar-refractivity contribution is 7.92. The number of aromatic hydroxyl groups is 2. The molecule has 4 aliphatic heterocycles. The zero-order valence-electron chi connectivity index (χ0n) is 43.8. The van der Waals surface area contributed by atoms with Crippen molar-refractivity contribution in [3.8, 4) is 34.3 Å². The first-order chi connectivity index (χ1) is 37.1. The molecule has 77 heavy (non-hydrogen) atoms. The summed E-state index contributed by atoms with van der Waals surface area (Å²) in [6.07, 6.45) is 6.53. The zero-order valence-corrected chi connectivity index (χ0v) is 44.6. The molecule has 6 heterocycles. The third-order valence-electron chi connectivity index (χ3n) is 15.2. The van der Waals surface area contributed by atoms with Crippen molar-refractivity contribution in [2.75, 3.05) is 98.2 Å². The van der Waals surface area contributed by atoms with Crippen LogP contribution >= 0.6 is 0 Å². The average Bonchev–Trinajstić information content (AvgIpc) is 3.97. The van der Waals surface area contributed by atoms with Crippen LogP contribution in [0.25, 0.3) is 17.1 Å². The highest BCUT2D eigenvalue weighted by atomic mass is 32.2. The molecule has 404 valence electrons. The van der Waals surface area contributed by atoms with Crippen LogP contribution in [0.2, 0.25) is 0 Å². The first-order valence-corrected chi connectivity index (χ1v) is 28.1. The van der Waals surface area contributed by atoms with Gasteiger partial charge in [-0.3, -0.25) is 23.9 Å². The Hall–Kier alpha value is -7.82. The summed E-state index contributed by atoms with van der Waals surface area (Å²) in [7, 11) is -2.37. The van der Waals surface area contributed by atoms with E-state index in [1.807, 2.05) is 56.3 Å². The number of nitrogens with two attached hydrogens (primary N) is 1. The number of nitrogens with zero attached hydrogens (tertiary/aromatic N) is 11. The molecule has 0 aliphatic carbocycles. The number of sulfonamides is 1. The number of amides is 3. The van der Waals surface area contributed by atoms with Crippen molar-refractivity contribution in [2.24, 2.45) is 17.6 Å². The molecule has 0 unspecified atom stereocenters. The van der Waals surface area contributed by atoms with E-state index in [4.69, 9.17) is 10.5 Å². The summed E-state index contributed by atoms with van der Waals surface area (Å²) in [5, 5.41) is 32.5. The number of likely N-dealkylation sites (tertiary alicyclic amines) is 1. The van der Waals surface area contributed by atoms with E-state index in [1.165, 1.54) is 21.7 Å². The van der Waals surface area contributed by atoms with Gasteiger partial charge in [0, 0.05) is 102 Å². The molecule has 10 rings (SSSR count). The number of piperazine rings is 1. The highest BCUT2D eigenvalue weighted by Gasteiger charge is 2.36. The Morgan fingerprint density at radius 2 is 1.51 bits per heavy atom. The van der Waals surface area contributed by atoms with Crippen LogP contribution in [0.5, 0.6) is 17.2 Å². The van der Waals surface area contributed by atoms with Crippen molar-refractivity contribution in [2.45, 2.75) is 52.5 Å². The number of ether oxygens (including phenoxy) is 1. The van der Waals surface area contributed by atoms with Crippen LogP contribution in [0.3, 0.4) is 0 Å². The zero-order chi connectivity index (χ0) is 54.1. The van der Waals surface area contributed by atoms with Crippen LogP contribution in [0, 0.1) is 11.8 Å². The molecule has 3 amide bonds. The number of carbonyl (C=O) groups excluding carboxylic acids is 3. The van der Waals surface area contributed by atoms with E-state index in [0.29, 0.717) is 47.2 Å². The summed E-state index contributed by atoms with van der Waals surface area (Å²) in [5.74, 6) is 0.327. The van der Waals surface area contributed by atoms with Gasteiger partial charge in [0.2, 0.25) is 27.7 Å². The number of fused-ring (bicyclic) bond motifs is 2. The molecule has 0 bridgehead atoms. The Kier molecular flexibility index (Phi) is 15.1. The molecule has 21 nitrogen and oxygen atoms in total. The second-order valence-electron chi connectivity index (χ2n) is 20.2. The molecule has 5 N–H and O–H groups in total. The predicted octanol–water partition coefficient (Wildman–Crippen LogP) is 5.90. The molecule has 0 radical (unpaired) electrons. The summed E-state index contributed by atoms with van der Waals surface area (Å²) in [6.45, 7) is 12.8. The lowest BCUT2D eigenvalue weighted by Crippen LogP contribution is -2.49. The monoisotopic (exact) mass is 1070 g/mol. The minimum atomic E-state index is -3.93. The minimum absolute atomic E-state index is 0.0235. The molecule has 0 saturated carbocycles. The number of phenols is 2. The topological polar surface area (TPSA) is 249 Å². The van der Waals surface area contributed by atoms with Gasteiger partial charge in [0.15, 0.2) is 11.6 Å². The van der Waals surface area contributed by atoms with Gasteiger partial charge in [0.05, 0.1) is 41.6 Å². The van der Waals surface area contributed by atoms with E-state index in [-0.39, 0.29) is 69.6 Å². The van der Waals surface area contributed by atoms with Gasteiger partial charge in [-0.05, 0) is 98.5 Å². The van der Waals surface area contributed by atoms with E-state index >= 15 is 0 Å². The maximum atomic E-state index is 13.9. The molecule has 22 heteroatoms. The Labute approximate surface area is 447 Å². The van der Waals surface area contributed by atoms with E-state index in [2.05, 4.69) is 45.1 Å². The molecule has 4 aliphatic rings. The van der Waals surface area contributed by atoms with Gasteiger partial charge in [0.25, 0.3) is 11.8 Å². The minimum Gasteiger partial charge on any atom is -0.508 e. The van der Waals surface area contributed by atoms with Gasteiger partial charge in [-0.2, -0.15) is 4.98 Å². The first-order valence-electron chi connectivity index (χ1n) is 26.2. The number of carbonyl (C=O) groups is 3. The molecule has 0 spiro atoms. The number of anilines is 6. The summed E-state index contributed by atoms with van der Waals surface area (Å²) in [6, 6.07) is 23.1. The van der Waals surface area contributed by atoms with Crippen molar-refractivity contribution in [1.29, 1.82) is 0 Å². The number of phenolic OH excluding ortho intramolecular Hbond substituents is 2. The Morgan fingerprint density at radius 1 is 0.805 bits per heavy atom. The van der Waals surface area contributed by atoms with Crippen molar-refractivity contribution in [1.82, 2.24) is 39.4 Å². The number of primary amides is 1. The predicted molar refractivity (Wildman–Crippen MR) is 293 cm³/mol. The number of aromatic nitrogens is 5. The smallest absolute Gasteiger partial charge is 0.287 e. The number of hydrogen-bond donors (Lipinski definition) is 4. The summed E-state index contributed by atoms with van der Waals surface area (Å²) in [5.41, 5.74) is 10.6. The lowest BCUT2D eigenvalue weighted by Gasteiger charge is -2.40. The van der Waals surface area contributed by atoms with Crippen molar-refractivity contribution >= 4 is 62.3 Å². The molecule has 2 aromatic heterocycles. The SMILES string of the molecule is CCOc1cc(N2CCC(C(=O)N3CCC(CN4CCN(Cc5ccc(-n6c(C(N)=O)nnc6-c6cc(CC)c(O)cc6O)cc5)CC4)CC3)CC2)ccc1Nc1ncc2c(n1)N(S(C)(=O)=O)c1ccccc1C(=O)N2C. The van der Waals surface area contributed by atoms with E-state index < -0.39 is 15.9 Å². The summed E-state index contributed by atoms with van der Waals surface area (Å²) < 4.78 is 35.2. The molecule has 0 atom stereocenters. The van der Waals surface area contributed by atoms with Crippen LogP contribution < -0.4 is 29.9 Å². The number of aryl methyl sites for hydroxylation is 1. The van der Waals surface area contributed by atoms with Crippen LogP contribution in [0.4, 0.5) is 34.5 Å². The van der Waals surface area contributed by atoms with Crippen LogP contribution in [0.15, 0.2) is 85.1 Å². The van der Waals surface area contributed by atoms with Gasteiger partial charge >= 0.3 is 0 Å². The molecular formula is C55H65N13O8S. The molecule has 3 fully saturated rings. The number of rotatable bonds is 15. The average molecular weight is 1070 g/mol. The quantitative estimate of drug-likeness (QED) is 0.0935. The second kappa shape index (κ2) is 22.0. The number of hydrogen-bond acceptors (Lipinski definition) is 16. The van der Waals surface area contributed by atoms with Crippen LogP contribution in [0.1, 0.15) is 71.6 Å². The highest BCUT2D eigenvalue weighted by Crippen LogP contribution is 2.42. The normalized spacial score (nSPS) is 17.0. The van der Waals surface area contributed by atoms with Crippen molar-refractivity contribution in [3.63, 3.8) is 0 Å². The van der Waals surface area contributed by atoms with Crippen molar-refractivity contribution < 1.29 is 37.8 Å². The number of piperidine rings is 2. The Balaban J connectivity index is 0.690. The molecule has 6 aromatic rings. The van der Waals surface area contributed by atoms with Gasteiger partial charge in [-0.1, -0.05) is 31.2 Å². The fraction of sp³-hybridized carbons (Fsp3) is 0.400. The van der Waals surface area contributed by atoms with Crippen LogP contribution in [-0.4, -0.2) is 155 Å². The summed E-state index contributed by atoms with van der Waals surface area (Å²) >= 11 is 0. The van der Waals surface area contributed by atoms with E-state index in [0.717, 1.165) is 113 Å². The third-order valence-corrected chi connectivity index (χ3v) is 16.3. The maximum absolute atomic E-state index is 13.9. The van der Waals surface area contributed by atoms with Crippen LogP contribution in [-0.2, 0) is 27.8 Å². The van der Waals surface area contributed by atoms with E-state index in [1.54, 1.807) is 37.4 Å². The number of para-hydroxylation sites is 1. The first kappa shape index (κ1) is 52.6. The standard InChI is InChI=1S/C55H65N13O8S/c1-5-37-29-42(47(70)31-46(37)69)50-60-61-52(49(56)71)67(50)39-13-11-35(12-14-39)33-63-25-27-64(28-26-63)34-36-17-21-66(22-18-36)53(72)38-19-23-65(24-20-38)40-15-16-43(48(30-40)76-6-2)58-55-57-32-45-51(59-55)68(77(4,74)75)44-10-8-7-9-41(44)54(73)62(45)3/h7-16,29-32,36,38,69-70H,5-6,17-28,33-34H2,1-4H3,(H2,56,71)(H,57,58,59). The van der Waals surface area contributed by atoms with Gasteiger partial charge < -0.3 is 45.6 Å². The van der Waals surface area contributed by atoms with E-state index in [9.17, 15) is 33.0 Å². The lowest BCUT2D eigenvalue weighted by molar-refractivity contribution is -0.137. The molecular weight excluding hydrogens is 1000 g/mol. The largest absolute Gasteiger partial charge is 0.508 e. The molecule has 3 saturated heterocycles. The number of nitrogens with one attached hydrogen (secondary N) is 1. The third kappa shape index (κ3) is 10.9. The van der Waals surface area contributed by atoms with Gasteiger partial charge in [-0.15, -0.1) is 10.2 Å². The van der Waals surface area contributed by atoms with Gasteiger partial charge in [0.1, 0.15) is 22.9 Å². The molecule has 4 aromatic carbocycles. The second-order valence-corrected chi connectivity index (χ2v) is 22.1. The maximum Gasteiger partial charge on any atom is 0.287 e. The van der Waals surface area contributed by atoms with Crippen molar-refractivity contribution in [3.05, 3.63) is 108 Å². The summed E-state index contributed by atoms with van der Waals surface area (Å²) in [4.78, 5) is 59.6. The lowest BCUT2D eigenvalue weighted by atomic mass is 9.91. The number of benzene rings is 4. The fourth-order valence-electron chi connectivity index (χ4n) is 11.0. The Bertz CT molecular complexity index is 3290. The Morgan fingerprint density at radius 3 is 2.19 bits per heavy atom. The fourth-order valence-corrected chi connectivity index (χ4v) is 12.0.